The van der Waals surface area contributed by atoms with E-state index in [9.17, 15) is 0 Å². The second-order valence-corrected chi connectivity index (χ2v) is 11.1. The molecule has 0 heterocycles. The molecule has 0 aliphatic rings. The van der Waals surface area contributed by atoms with Crippen molar-refractivity contribution in [3.63, 3.8) is 0 Å². The average Bonchev–Trinajstić information content (AvgIpc) is 2.52. The SMILES string of the molecule is COC(C)(OC)C([SiH3])(OC)SC([SiH3])(OC)C(C)(OC)OC. The summed E-state index contributed by atoms with van der Waals surface area (Å²) in [5.74, 6) is -1.82. The van der Waals surface area contributed by atoms with Crippen LogP contribution in [0.4, 0.5) is 0 Å². The van der Waals surface area contributed by atoms with E-state index in [0.29, 0.717) is 20.5 Å². The van der Waals surface area contributed by atoms with Crippen molar-refractivity contribution in [2.75, 3.05) is 42.7 Å². The first-order valence-corrected chi connectivity index (χ1v) is 9.40. The van der Waals surface area contributed by atoms with Gasteiger partial charge < -0.3 is 28.4 Å². The van der Waals surface area contributed by atoms with Gasteiger partial charge in [-0.25, -0.2) is 0 Å². The molecular formula is C12H30O6SSi2. The van der Waals surface area contributed by atoms with Gasteiger partial charge in [0.15, 0.2) is 11.6 Å². The second kappa shape index (κ2) is 7.89. The summed E-state index contributed by atoms with van der Waals surface area (Å²) >= 11 is 1.49. The van der Waals surface area contributed by atoms with E-state index in [1.165, 1.54) is 11.8 Å². The van der Waals surface area contributed by atoms with Gasteiger partial charge in [-0.05, 0) is 13.8 Å². The molecule has 6 nitrogen and oxygen atoms in total. The zero-order valence-corrected chi connectivity index (χ0v) is 19.7. The van der Waals surface area contributed by atoms with E-state index in [0.717, 1.165) is 0 Å². The van der Waals surface area contributed by atoms with Crippen LogP contribution in [-0.2, 0) is 28.4 Å². The van der Waals surface area contributed by atoms with Crippen LogP contribution in [-0.4, -0.2) is 83.8 Å². The van der Waals surface area contributed by atoms with Crippen LogP contribution in [0.25, 0.3) is 0 Å². The minimum atomic E-state index is -0.908. The van der Waals surface area contributed by atoms with Gasteiger partial charge in [0, 0.05) is 42.7 Å². The van der Waals surface area contributed by atoms with Crippen molar-refractivity contribution >= 4 is 32.2 Å². The Hall–Kier alpha value is 0.544. The van der Waals surface area contributed by atoms with Gasteiger partial charge >= 0.3 is 0 Å². The zero-order valence-electron chi connectivity index (χ0n) is 14.9. The van der Waals surface area contributed by atoms with Crippen LogP contribution in [0.3, 0.4) is 0 Å². The predicted octanol–water partition coefficient (Wildman–Crippen LogP) is -0.931. The van der Waals surface area contributed by atoms with Crippen molar-refractivity contribution in [3.8, 4) is 0 Å². The standard InChI is InChI=1S/C12H30O6SSi2/c1-9(13-3,14-4)11(20,17-7)19-12(21,18-8)10(2,15-5)16-6/h1-8,20-21H3. The summed E-state index contributed by atoms with van der Waals surface area (Å²) in [6.45, 7) is 3.70. The van der Waals surface area contributed by atoms with E-state index >= 15 is 0 Å². The van der Waals surface area contributed by atoms with E-state index in [1.54, 1.807) is 42.7 Å². The molecule has 0 rings (SSSR count). The first kappa shape index (κ1) is 21.5. The fourth-order valence-electron chi connectivity index (χ4n) is 1.92. The average molecular weight is 359 g/mol. The van der Waals surface area contributed by atoms with Crippen molar-refractivity contribution in [2.24, 2.45) is 0 Å². The summed E-state index contributed by atoms with van der Waals surface area (Å²) in [6.07, 6.45) is 0. The molecular weight excluding hydrogens is 328 g/mol. The van der Waals surface area contributed by atoms with Gasteiger partial charge in [-0.2, -0.15) is 0 Å². The largest absolute Gasteiger partial charge is 0.367 e. The van der Waals surface area contributed by atoms with Crippen LogP contribution in [0.15, 0.2) is 0 Å². The highest BCUT2D eigenvalue weighted by Gasteiger charge is 2.57. The van der Waals surface area contributed by atoms with Gasteiger partial charge in [0.25, 0.3) is 0 Å². The second-order valence-electron chi connectivity index (χ2n) is 5.11. The van der Waals surface area contributed by atoms with Gasteiger partial charge in [0.2, 0.25) is 0 Å². The lowest BCUT2D eigenvalue weighted by atomic mass is 10.3. The van der Waals surface area contributed by atoms with Crippen LogP contribution in [0.2, 0.25) is 0 Å². The zero-order chi connectivity index (χ0) is 16.9. The Morgan fingerprint density at radius 1 is 0.571 bits per heavy atom. The van der Waals surface area contributed by atoms with Crippen molar-refractivity contribution in [2.45, 2.75) is 34.5 Å². The highest BCUT2D eigenvalue weighted by atomic mass is 32.2. The van der Waals surface area contributed by atoms with E-state index in [2.05, 4.69) is 0 Å². The highest BCUT2D eigenvalue weighted by molar-refractivity contribution is 8.04. The Balaban J connectivity index is 5.71. The van der Waals surface area contributed by atoms with Crippen molar-refractivity contribution in [1.29, 1.82) is 0 Å². The lowest BCUT2D eigenvalue weighted by Crippen LogP contribution is -2.62. The first-order valence-electron chi connectivity index (χ1n) is 6.58. The van der Waals surface area contributed by atoms with Gasteiger partial charge in [-0.1, -0.05) is 11.8 Å². The van der Waals surface area contributed by atoms with Crippen LogP contribution in [0, 0.1) is 0 Å². The molecule has 0 aromatic heterocycles. The van der Waals surface area contributed by atoms with E-state index in [1.807, 2.05) is 13.8 Å². The molecule has 0 N–H and O–H groups in total. The van der Waals surface area contributed by atoms with Crippen LogP contribution >= 0.6 is 11.8 Å². The molecule has 21 heavy (non-hydrogen) atoms. The van der Waals surface area contributed by atoms with E-state index < -0.39 is 20.7 Å². The third-order valence-corrected chi connectivity index (χ3v) is 10.1. The first-order chi connectivity index (χ1) is 9.57. The molecule has 0 spiro atoms. The smallest absolute Gasteiger partial charge is 0.199 e. The molecule has 0 saturated heterocycles. The molecule has 0 aromatic carbocycles. The maximum absolute atomic E-state index is 5.77. The normalized spacial score (nSPS) is 19.4. The minimum absolute atomic E-state index is 0.642. The van der Waals surface area contributed by atoms with Gasteiger partial charge in [-0.3, -0.25) is 0 Å². The van der Waals surface area contributed by atoms with Crippen LogP contribution in [0.5, 0.6) is 0 Å². The van der Waals surface area contributed by atoms with Gasteiger partial charge in [0.05, 0.1) is 20.5 Å². The lowest BCUT2D eigenvalue weighted by molar-refractivity contribution is -0.253. The summed E-state index contributed by atoms with van der Waals surface area (Å²) < 4.78 is 32.4. The molecule has 0 radical (unpaired) electrons. The molecule has 0 fully saturated rings. The van der Waals surface area contributed by atoms with Crippen molar-refractivity contribution < 1.29 is 28.4 Å². The Kier molecular flexibility index (Phi) is 8.09. The summed E-state index contributed by atoms with van der Waals surface area (Å²) in [7, 11) is 11.0. The fraction of sp³-hybridized carbons (Fsp3) is 1.00. The Morgan fingerprint density at radius 2 is 0.810 bits per heavy atom. The minimum Gasteiger partial charge on any atom is -0.367 e. The summed E-state index contributed by atoms with van der Waals surface area (Å²) in [4.78, 5) is 0. The third-order valence-electron chi connectivity index (χ3n) is 4.38. The van der Waals surface area contributed by atoms with Crippen molar-refractivity contribution in [3.05, 3.63) is 0 Å². The molecule has 128 valence electrons. The number of hydrogen-bond acceptors (Lipinski definition) is 7. The molecule has 2 unspecified atom stereocenters. The Bertz CT molecular complexity index is 297. The predicted molar refractivity (Wildman–Crippen MR) is 91.8 cm³/mol. The Morgan fingerprint density at radius 3 is 0.952 bits per heavy atom. The number of rotatable bonds is 10. The molecule has 2 atom stereocenters. The monoisotopic (exact) mass is 358 g/mol. The van der Waals surface area contributed by atoms with E-state index in [4.69, 9.17) is 28.4 Å². The molecule has 0 aliphatic heterocycles. The third kappa shape index (κ3) is 3.90. The number of methoxy groups -OCH3 is 6. The molecule has 0 aromatic rings. The fourth-order valence-corrected chi connectivity index (χ4v) is 7.91. The summed E-state index contributed by atoms with van der Waals surface area (Å²) in [5, 5.41) is 0. The summed E-state index contributed by atoms with van der Waals surface area (Å²) in [5.41, 5.74) is 0. The molecule has 9 heteroatoms. The van der Waals surface area contributed by atoms with Gasteiger partial charge in [0.1, 0.15) is 9.11 Å². The molecule has 0 saturated carbocycles. The maximum atomic E-state index is 5.77. The highest BCUT2D eigenvalue weighted by Crippen LogP contribution is 2.48. The Labute approximate surface area is 138 Å². The molecule has 0 aliphatic carbocycles. The topological polar surface area (TPSA) is 55.4 Å². The summed E-state index contributed by atoms with van der Waals surface area (Å²) in [6, 6.07) is 0. The van der Waals surface area contributed by atoms with Gasteiger partial charge in [-0.15, -0.1) is 0 Å². The molecule has 0 bridgehead atoms. The van der Waals surface area contributed by atoms with Crippen LogP contribution in [0.1, 0.15) is 13.8 Å². The molecule has 0 amide bonds. The number of thioether (sulfide) groups is 1. The van der Waals surface area contributed by atoms with Crippen molar-refractivity contribution in [1.82, 2.24) is 0 Å². The number of hydrogen-bond donors (Lipinski definition) is 0. The van der Waals surface area contributed by atoms with Crippen LogP contribution < -0.4 is 0 Å². The quantitative estimate of drug-likeness (QED) is 0.369. The van der Waals surface area contributed by atoms with E-state index in [-0.39, 0.29) is 0 Å². The number of ether oxygens (including phenoxy) is 6. The maximum Gasteiger partial charge on any atom is 0.199 e. The lowest BCUT2D eigenvalue weighted by Gasteiger charge is -2.50.